The van der Waals surface area contributed by atoms with Crippen LogP contribution in [0.25, 0.3) is 12.2 Å². The molecule has 2 aromatic carbocycles. The Morgan fingerprint density at radius 2 is 1.90 bits per heavy atom. The topological polar surface area (TPSA) is 70.8 Å². The minimum atomic E-state index is -1.11. The van der Waals surface area contributed by atoms with Gasteiger partial charge in [0, 0.05) is 25.2 Å². The van der Waals surface area contributed by atoms with Crippen LogP contribution in [0.2, 0.25) is 25.7 Å². The average Bonchev–Trinajstić information content (AvgIpc) is 2.67. The fourth-order valence-corrected chi connectivity index (χ4v) is 3.77. The van der Waals surface area contributed by atoms with Gasteiger partial charge in [0.1, 0.15) is 5.75 Å². The maximum absolute atomic E-state index is 11.0. The van der Waals surface area contributed by atoms with E-state index in [0.717, 1.165) is 33.0 Å². The third-order valence-corrected chi connectivity index (χ3v) is 7.20. The molecule has 0 spiro atoms. The number of hydrogen-bond acceptors (Lipinski definition) is 5. The molecule has 0 fully saturated rings. The molecule has 0 aliphatic heterocycles. The molecular weight excluding hydrogens is 466 g/mol. The summed E-state index contributed by atoms with van der Waals surface area (Å²) in [5.74, 6) is 0.953. The van der Waals surface area contributed by atoms with Crippen molar-refractivity contribution in [3.63, 3.8) is 0 Å². The van der Waals surface area contributed by atoms with Gasteiger partial charge in [0.25, 0.3) is 0 Å². The molecule has 2 rings (SSSR count). The van der Waals surface area contributed by atoms with Crippen molar-refractivity contribution in [1.82, 2.24) is 0 Å². The van der Waals surface area contributed by atoms with Crippen LogP contribution in [-0.4, -0.2) is 33.5 Å². The summed E-state index contributed by atoms with van der Waals surface area (Å²) in [5.41, 5.74) is 2.71. The van der Waals surface area contributed by atoms with Gasteiger partial charge in [0.15, 0.2) is 12.5 Å². The first-order valence-corrected chi connectivity index (χ1v) is 14.1. The molecule has 162 valence electrons. The number of nitro benzene ring substituents is 1. The van der Waals surface area contributed by atoms with Crippen molar-refractivity contribution < 1.29 is 19.1 Å². The molecular formula is C22H28BrNO5Si. The van der Waals surface area contributed by atoms with E-state index in [1.807, 2.05) is 31.2 Å². The maximum atomic E-state index is 11.0. The number of halogens is 1. The van der Waals surface area contributed by atoms with E-state index in [0.29, 0.717) is 6.61 Å². The number of rotatable bonds is 10. The van der Waals surface area contributed by atoms with Crippen molar-refractivity contribution in [3.8, 4) is 11.5 Å². The second kappa shape index (κ2) is 10.7. The van der Waals surface area contributed by atoms with Crippen molar-refractivity contribution in [1.29, 1.82) is 0 Å². The van der Waals surface area contributed by atoms with Gasteiger partial charge in [-0.05, 0) is 69.9 Å². The Bertz CT molecular complexity index is 924. The van der Waals surface area contributed by atoms with Crippen LogP contribution < -0.4 is 9.47 Å². The lowest BCUT2D eigenvalue weighted by Crippen LogP contribution is -2.22. The molecule has 6 nitrogen and oxygen atoms in total. The Hall–Kier alpha value is -2.16. The first-order valence-electron chi connectivity index (χ1n) is 9.62. The Labute approximate surface area is 187 Å². The highest BCUT2D eigenvalue weighted by molar-refractivity contribution is 9.10. The van der Waals surface area contributed by atoms with Crippen LogP contribution in [0.1, 0.15) is 16.7 Å². The summed E-state index contributed by atoms with van der Waals surface area (Å²) in [4.78, 5) is 10.6. The molecule has 0 unspecified atom stereocenters. The first-order chi connectivity index (χ1) is 14.1. The molecule has 2 aromatic rings. The van der Waals surface area contributed by atoms with Gasteiger partial charge in [0.2, 0.25) is 0 Å². The van der Waals surface area contributed by atoms with Crippen LogP contribution in [0, 0.1) is 17.0 Å². The monoisotopic (exact) mass is 493 g/mol. The Kier molecular flexibility index (Phi) is 8.63. The number of methoxy groups -OCH3 is 1. The van der Waals surface area contributed by atoms with Crippen molar-refractivity contribution in [3.05, 3.63) is 61.6 Å². The molecule has 0 N–H and O–H groups in total. The molecule has 0 aromatic heterocycles. The SMILES string of the molecule is COc1cc(/C=C/c2cc(OCOCC[Si](C)(C)C)cc(C)c2Br)ccc1[N+](=O)[O-]. The number of nitrogens with zero attached hydrogens (tertiary/aromatic N) is 1. The number of nitro groups is 1. The highest BCUT2D eigenvalue weighted by atomic mass is 79.9. The van der Waals surface area contributed by atoms with Crippen molar-refractivity contribution in [2.45, 2.75) is 32.6 Å². The highest BCUT2D eigenvalue weighted by Crippen LogP contribution is 2.31. The summed E-state index contributed by atoms with van der Waals surface area (Å²) in [7, 11) is 0.305. The summed E-state index contributed by atoms with van der Waals surface area (Å²) in [6.45, 7) is 9.86. The molecule has 0 radical (unpaired) electrons. The Balaban J connectivity index is 2.11. The van der Waals surface area contributed by atoms with Gasteiger partial charge >= 0.3 is 5.69 Å². The van der Waals surface area contributed by atoms with E-state index >= 15 is 0 Å². The van der Waals surface area contributed by atoms with E-state index in [2.05, 4.69) is 35.6 Å². The lowest BCUT2D eigenvalue weighted by atomic mass is 10.1. The van der Waals surface area contributed by atoms with E-state index in [9.17, 15) is 10.1 Å². The zero-order valence-electron chi connectivity index (χ0n) is 18.0. The van der Waals surface area contributed by atoms with Gasteiger partial charge in [-0.1, -0.05) is 31.8 Å². The van der Waals surface area contributed by atoms with Crippen molar-refractivity contribution in [2.75, 3.05) is 20.5 Å². The summed E-state index contributed by atoms with van der Waals surface area (Å²) >= 11 is 3.61. The Morgan fingerprint density at radius 3 is 2.53 bits per heavy atom. The summed E-state index contributed by atoms with van der Waals surface area (Å²) in [6.07, 6.45) is 3.80. The fourth-order valence-electron chi connectivity index (χ4n) is 2.65. The number of ether oxygens (including phenoxy) is 3. The lowest BCUT2D eigenvalue weighted by Gasteiger charge is -2.16. The quantitative estimate of drug-likeness (QED) is 0.0937. The van der Waals surface area contributed by atoms with E-state index in [-0.39, 0.29) is 18.2 Å². The van der Waals surface area contributed by atoms with Gasteiger partial charge in [-0.2, -0.15) is 0 Å². The molecule has 0 amide bonds. The predicted octanol–water partition coefficient (Wildman–Crippen LogP) is 6.54. The van der Waals surface area contributed by atoms with Gasteiger partial charge < -0.3 is 14.2 Å². The lowest BCUT2D eigenvalue weighted by molar-refractivity contribution is -0.385. The minimum Gasteiger partial charge on any atom is -0.490 e. The molecule has 0 atom stereocenters. The van der Waals surface area contributed by atoms with Crippen molar-refractivity contribution >= 4 is 41.8 Å². The summed E-state index contributed by atoms with van der Waals surface area (Å²) < 4.78 is 17.5. The largest absolute Gasteiger partial charge is 0.490 e. The third-order valence-electron chi connectivity index (χ3n) is 4.42. The van der Waals surface area contributed by atoms with Crippen LogP contribution >= 0.6 is 15.9 Å². The molecule has 0 saturated heterocycles. The maximum Gasteiger partial charge on any atom is 0.310 e. The zero-order chi connectivity index (χ0) is 22.3. The number of benzene rings is 2. The van der Waals surface area contributed by atoms with Gasteiger partial charge in [-0.25, -0.2) is 0 Å². The smallest absolute Gasteiger partial charge is 0.310 e. The summed E-state index contributed by atoms with van der Waals surface area (Å²) in [5, 5.41) is 11.0. The van der Waals surface area contributed by atoms with Crippen LogP contribution in [0.4, 0.5) is 5.69 Å². The average molecular weight is 494 g/mol. The van der Waals surface area contributed by atoms with Crippen LogP contribution in [0.15, 0.2) is 34.8 Å². The van der Waals surface area contributed by atoms with E-state index in [1.54, 1.807) is 12.1 Å². The van der Waals surface area contributed by atoms with E-state index < -0.39 is 13.0 Å². The normalized spacial score (nSPS) is 11.7. The third kappa shape index (κ3) is 7.27. The van der Waals surface area contributed by atoms with Crippen molar-refractivity contribution in [2.24, 2.45) is 0 Å². The first kappa shape index (κ1) is 24.1. The predicted molar refractivity (Wildman–Crippen MR) is 127 cm³/mol. The van der Waals surface area contributed by atoms with Crippen LogP contribution in [-0.2, 0) is 4.74 Å². The second-order valence-electron chi connectivity index (χ2n) is 8.15. The minimum absolute atomic E-state index is 0.0591. The fraction of sp³-hybridized carbons (Fsp3) is 0.364. The molecule has 0 saturated carbocycles. The standard InChI is InChI=1S/C22H28BrNO5Si/c1-16-12-19(29-15-28-10-11-30(3,4)5)14-18(22(16)23)8-6-17-7-9-20(24(25)26)21(13-17)27-2/h6-9,12-14H,10-11,15H2,1-5H3/b8-6+. The van der Waals surface area contributed by atoms with E-state index in [4.69, 9.17) is 14.2 Å². The van der Waals surface area contributed by atoms with Crippen LogP contribution in [0.3, 0.4) is 0 Å². The van der Waals surface area contributed by atoms with E-state index in [1.165, 1.54) is 13.2 Å². The number of hydrogen-bond donors (Lipinski definition) is 0. The molecule has 30 heavy (non-hydrogen) atoms. The second-order valence-corrected chi connectivity index (χ2v) is 14.6. The van der Waals surface area contributed by atoms with Gasteiger partial charge in [0.05, 0.1) is 12.0 Å². The molecule has 0 heterocycles. The van der Waals surface area contributed by atoms with Gasteiger partial charge in [-0.15, -0.1) is 0 Å². The highest BCUT2D eigenvalue weighted by Gasteiger charge is 2.14. The van der Waals surface area contributed by atoms with Crippen LogP contribution in [0.5, 0.6) is 11.5 Å². The molecule has 8 heteroatoms. The molecule has 0 bridgehead atoms. The molecule has 0 aliphatic carbocycles. The number of aryl methyl sites for hydroxylation is 1. The molecule has 0 aliphatic rings. The zero-order valence-corrected chi connectivity index (χ0v) is 20.6. The van der Waals surface area contributed by atoms with Gasteiger partial charge in [-0.3, -0.25) is 10.1 Å². The summed E-state index contributed by atoms with van der Waals surface area (Å²) in [6, 6.07) is 9.75. The Morgan fingerprint density at radius 1 is 1.17 bits per heavy atom.